The molecular weight excluding hydrogens is 326 g/mol. The number of guanidine groups is 1. The predicted molar refractivity (Wildman–Crippen MR) is 103 cm³/mol. The zero-order valence-electron chi connectivity index (χ0n) is 15.4. The molecule has 136 valence electrons. The SMILES string of the molecule is CN=C(NCc1cn2c(n1)CCCC2)NCc1oc2ccccc2c1C. The molecule has 2 N–H and O–H groups in total. The summed E-state index contributed by atoms with van der Waals surface area (Å²) in [5.74, 6) is 2.89. The van der Waals surface area contributed by atoms with Gasteiger partial charge in [0.05, 0.1) is 18.8 Å². The van der Waals surface area contributed by atoms with Crippen molar-refractivity contribution in [1.29, 1.82) is 0 Å². The zero-order chi connectivity index (χ0) is 17.9. The summed E-state index contributed by atoms with van der Waals surface area (Å²) in [6.07, 6.45) is 5.72. The highest BCUT2D eigenvalue weighted by molar-refractivity contribution is 5.82. The quantitative estimate of drug-likeness (QED) is 0.560. The van der Waals surface area contributed by atoms with Crippen molar-refractivity contribution in [2.75, 3.05) is 7.05 Å². The highest BCUT2D eigenvalue weighted by Gasteiger charge is 2.13. The first-order chi connectivity index (χ1) is 12.7. The average Bonchev–Trinajstić information content (AvgIpc) is 3.23. The number of furan rings is 1. The van der Waals surface area contributed by atoms with Gasteiger partial charge < -0.3 is 19.6 Å². The molecule has 0 amide bonds. The largest absolute Gasteiger partial charge is 0.459 e. The second kappa shape index (κ2) is 7.23. The van der Waals surface area contributed by atoms with Gasteiger partial charge in [0.2, 0.25) is 0 Å². The molecule has 0 atom stereocenters. The van der Waals surface area contributed by atoms with Crippen molar-refractivity contribution in [3.05, 3.63) is 53.3 Å². The standard InChI is InChI=1S/C20H25N5O/c1-14-16-7-3-4-8-17(16)26-18(14)12-23-20(21-2)22-11-15-13-25-10-6-5-9-19(25)24-15/h3-4,7-8,13H,5-6,9-12H2,1-2H3,(H2,21,22,23). The molecule has 1 aliphatic rings. The van der Waals surface area contributed by atoms with Crippen molar-refractivity contribution in [3.8, 4) is 0 Å². The van der Waals surface area contributed by atoms with E-state index in [1.165, 1.54) is 24.2 Å². The maximum atomic E-state index is 5.95. The maximum Gasteiger partial charge on any atom is 0.191 e. The number of para-hydroxylation sites is 1. The van der Waals surface area contributed by atoms with Crippen molar-refractivity contribution >= 4 is 16.9 Å². The molecule has 0 saturated heterocycles. The molecule has 26 heavy (non-hydrogen) atoms. The number of aromatic nitrogens is 2. The minimum Gasteiger partial charge on any atom is -0.459 e. The van der Waals surface area contributed by atoms with Crippen LogP contribution in [-0.4, -0.2) is 22.6 Å². The second-order valence-electron chi connectivity index (χ2n) is 6.72. The Morgan fingerprint density at radius 3 is 2.88 bits per heavy atom. The molecule has 0 bridgehead atoms. The van der Waals surface area contributed by atoms with Gasteiger partial charge in [-0.25, -0.2) is 4.98 Å². The second-order valence-corrected chi connectivity index (χ2v) is 6.72. The smallest absolute Gasteiger partial charge is 0.191 e. The summed E-state index contributed by atoms with van der Waals surface area (Å²) >= 11 is 0. The van der Waals surface area contributed by atoms with Crippen LogP contribution in [0.1, 0.15) is 35.7 Å². The van der Waals surface area contributed by atoms with E-state index in [-0.39, 0.29) is 0 Å². The van der Waals surface area contributed by atoms with E-state index < -0.39 is 0 Å². The molecule has 0 spiro atoms. The van der Waals surface area contributed by atoms with Gasteiger partial charge in [-0.05, 0) is 25.8 Å². The van der Waals surface area contributed by atoms with E-state index in [0.717, 1.165) is 41.3 Å². The predicted octanol–water partition coefficient (Wildman–Crippen LogP) is 3.14. The summed E-state index contributed by atoms with van der Waals surface area (Å²) in [7, 11) is 1.78. The van der Waals surface area contributed by atoms with E-state index in [9.17, 15) is 0 Å². The van der Waals surface area contributed by atoms with Gasteiger partial charge >= 0.3 is 0 Å². The molecule has 3 heterocycles. The number of hydrogen-bond acceptors (Lipinski definition) is 3. The maximum absolute atomic E-state index is 5.95. The van der Waals surface area contributed by atoms with Gasteiger partial charge in [0.1, 0.15) is 17.2 Å². The highest BCUT2D eigenvalue weighted by atomic mass is 16.3. The van der Waals surface area contributed by atoms with Crippen molar-refractivity contribution in [2.45, 2.75) is 45.8 Å². The fourth-order valence-electron chi connectivity index (χ4n) is 3.51. The Morgan fingerprint density at radius 1 is 1.23 bits per heavy atom. The number of benzene rings is 1. The number of rotatable bonds is 4. The van der Waals surface area contributed by atoms with Gasteiger partial charge in [-0.1, -0.05) is 18.2 Å². The van der Waals surface area contributed by atoms with Gasteiger partial charge in [-0.2, -0.15) is 0 Å². The van der Waals surface area contributed by atoms with Crippen LogP contribution in [0.3, 0.4) is 0 Å². The average molecular weight is 351 g/mol. The highest BCUT2D eigenvalue weighted by Crippen LogP contribution is 2.24. The van der Waals surface area contributed by atoms with Crippen LogP contribution in [0.4, 0.5) is 0 Å². The number of fused-ring (bicyclic) bond motifs is 2. The third-order valence-corrected chi connectivity index (χ3v) is 4.98. The number of nitrogens with zero attached hydrogens (tertiary/aromatic N) is 3. The molecule has 3 aromatic rings. The lowest BCUT2D eigenvalue weighted by molar-refractivity contribution is 0.522. The Bertz CT molecular complexity index is 913. The molecule has 6 nitrogen and oxygen atoms in total. The zero-order valence-corrected chi connectivity index (χ0v) is 15.4. The van der Waals surface area contributed by atoms with Crippen molar-refractivity contribution in [1.82, 2.24) is 20.2 Å². The molecular formula is C20H25N5O. The van der Waals surface area contributed by atoms with Gasteiger partial charge in [0, 0.05) is 37.2 Å². The van der Waals surface area contributed by atoms with Crippen LogP contribution < -0.4 is 10.6 Å². The van der Waals surface area contributed by atoms with Gasteiger partial charge in [-0.15, -0.1) is 0 Å². The molecule has 1 aromatic carbocycles. The number of nitrogens with one attached hydrogen (secondary N) is 2. The molecule has 6 heteroatoms. The lowest BCUT2D eigenvalue weighted by Crippen LogP contribution is -2.36. The third-order valence-electron chi connectivity index (χ3n) is 4.98. The van der Waals surface area contributed by atoms with E-state index in [1.807, 2.05) is 18.2 Å². The first-order valence-corrected chi connectivity index (χ1v) is 9.21. The Morgan fingerprint density at radius 2 is 2.08 bits per heavy atom. The number of imidazole rings is 1. The van der Waals surface area contributed by atoms with Crippen LogP contribution in [-0.2, 0) is 26.1 Å². The summed E-state index contributed by atoms with van der Waals surface area (Å²) in [4.78, 5) is 9.02. The van der Waals surface area contributed by atoms with E-state index in [4.69, 9.17) is 9.40 Å². The monoisotopic (exact) mass is 351 g/mol. The summed E-state index contributed by atoms with van der Waals surface area (Å²) in [5.41, 5.74) is 3.16. The van der Waals surface area contributed by atoms with Gasteiger partial charge in [0.25, 0.3) is 0 Å². The van der Waals surface area contributed by atoms with Crippen molar-refractivity contribution in [3.63, 3.8) is 0 Å². The molecule has 0 aliphatic carbocycles. The topological polar surface area (TPSA) is 67.4 Å². The Kier molecular flexibility index (Phi) is 4.65. The van der Waals surface area contributed by atoms with Crippen molar-refractivity contribution in [2.24, 2.45) is 4.99 Å². The van der Waals surface area contributed by atoms with E-state index in [1.54, 1.807) is 7.05 Å². The molecule has 1 aliphatic heterocycles. The number of hydrogen-bond donors (Lipinski definition) is 2. The van der Waals surface area contributed by atoms with E-state index in [0.29, 0.717) is 13.1 Å². The van der Waals surface area contributed by atoms with Crippen LogP contribution in [0.2, 0.25) is 0 Å². The lowest BCUT2D eigenvalue weighted by atomic mass is 10.1. The summed E-state index contributed by atoms with van der Waals surface area (Å²) in [5, 5.41) is 7.83. The molecule has 2 aromatic heterocycles. The van der Waals surface area contributed by atoms with E-state index in [2.05, 4.69) is 39.4 Å². The summed E-state index contributed by atoms with van der Waals surface area (Å²) in [6.45, 7) is 4.44. The normalized spacial score (nSPS) is 14.5. The Labute approximate surface area is 153 Å². The van der Waals surface area contributed by atoms with Gasteiger partial charge in [-0.3, -0.25) is 4.99 Å². The van der Waals surface area contributed by atoms with Crippen LogP contribution >= 0.6 is 0 Å². The number of aryl methyl sites for hydroxylation is 3. The summed E-state index contributed by atoms with van der Waals surface area (Å²) < 4.78 is 8.22. The van der Waals surface area contributed by atoms with Crippen molar-refractivity contribution < 1.29 is 4.42 Å². The molecule has 0 fully saturated rings. The molecule has 0 unspecified atom stereocenters. The van der Waals surface area contributed by atoms with Crippen LogP contribution in [0.5, 0.6) is 0 Å². The molecule has 4 rings (SSSR count). The van der Waals surface area contributed by atoms with Gasteiger partial charge in [0.15, 0.2) is 5.96 Å². The summed E-state index contributed by atoms with van der Waals surface area (Å²) in [6, 6.07) is 8.12. The van der Waals surface area contributed by atoms with Crippen LogP contribution in [0, 0.1) is 6.92 Å². The first kappa shape index (κ1) is 16.7. The van der Waals surface area contributed by atoms with Crippen LogP contribution in [0.15, 0.2) is 39.9 Å². The fraction of sp³-hybridized carbons (Fsp3) is 0.400. The van der Waals surface area contributed by atoms with Crippen LogP contribution in [0.25, 0.3) is 11.0 Å². The third kappa shape index (κ3) is 3.31. The molecule has 0 saturated carbocycles. The molecule has 0 radical (unpaired) electrons. The lowest BCUT2D eigenvalue weighted by Gasteiger charge is -2.11. The Balaban J connectivity index is 1.37. The first-order valence-electron chi connectivity index (χ1n) is 9.21. The minimum absolute atomic E-state index is 0.597. The fourth-order valence-corrected chi connectivity index (χ4v) is 3.51. The van der Waals surface area contributed by atoms with E-state index >= 15 is 0 Å². The Hall–Kier alpha value is -2.76. The number of aliphatic imine (C=N–C) groups is 1. The minimum atomic E-state index is 0.597.